The fourth-order valence-electron chi connectivity index (χ4n) is 4.94. The molecule has 6 nitrogen and oxygen atoms in total. The van der Waals surface area contributed by atoms with E-state index >= 15 is 0 Å². The molecule has 0 amide bonds. The van der Waals surface area contributed by atoms with Crippen molar-refractivity contribution < 1.29 is 0 Å². The molecular formula is C35H24N6. The van der Waals surface area contributed by atoms with Crippen LogP contribution >= 0.6 is 0 Å². The molecule has 41 heavy (non-hydrogen) atoms. The number of benzene rings is 3. The zero-order valence-electron chi connectivity index (χ0n) is 22.0. The van der Waals surface area contributed by atoms with Crippen LogP contribution in [-0.4, -0.2) is 29.7 Å². The first-order valence-electron chi connectivity index (χ1n) is 13.4. The molecule has 7 aromatic rings. The number of hydrogen-bond acceptors (Lipinski definition) is 5. The lowest BCUT2D eigenvalue weighted by atomic mass is 9.97. The molecule has 194 valence electrons. The highest BCUT2D eigenvalue weighted by molar-refractivity contribution is 5.82. The average molecular weight is 529 g/mol. The Hall–Kier alpha value is -5.75. The van der Waals surface area contributed by atoms with Crippen molar-refractivity contribution in [3.8, 4) is 62.5 Å². The van der Waals surface area contributed by atoms with Gasteiger partial charge in [-0.1, -0.05) is 91.0 Å². The first kappa shape index (κ1) is 24.3. The Morgan fingerprint density at radius 1 is 0.390 bits per heavy atom. The molecule has 0 aliphatic carbocycles. The third-order valence-corrected chi connectivity index (χ3v) is 6.85. The maximum absolute atomic E-state index is 5.10. The van der Waals surface area contributed by atoms with Crippen LogP contribution in [-0.2, 0) is 0 Å². The number of rotatable bonds is 6. The number of para-hydroxylation sites is 1. The number of hydrogen-bond donors (Lipinski definition) is 0. The minimum atomic E-state index is 0.626. The molecule has 0 atom stereocenters. The van der Waals surface area contributed by atoms with Crippen LogP contribution in [0.4, 0.5) is 0 Å². The van der Waals surface area contributed by atoms with Crippen molar-refractivity contribution in [1.29, 1.82) is 0 Å². The van der Waals surface area contributed by atoms with E-state index in [-0.39, 0.29) is 0 Å². The minimum absolute atomic E-state index is 0.626. The molecule has 0 saturated heterocycles. The summed E-state index contributed by atoms with van der Waals surface area (Å²) in [5.41, 5.74) is 8.08. The molecule has 3 aromatic carbocycles. The second-order valence-electron chi connectivity index (χ2n) is 9.46. The van der Waals surface area contributed by atoms with E-state index in [1.165, 1.54) is 0 Å². The van der Waals surface area contributed by atoms with Gasteiger partial charge in [-0.25, -0.2) is 9.97 Å². The third kappa shape index (κ3) is 4.79. The lowest BCUT2D eigenvalue weighted by molar-refractivity contribution is 1.05. The zero-order valence-corrected chi connectivity index (χ0v) is 22.0. The van der Waals surface area contributed by atoms with Gasteiger partial charge < -0.3 is 0 Å². The second-order valence-corrected chi connectivity index (χ2v) is 9.46. The van der Waals surface area contributed by atoms with Crippen molar-refractivity contribution >= 4 is 0 Å². The van der Waals surface area contributed by atoms with Gasteiger partial charge in [0.15, 0.2) is 11.6 Å². The van der Waals surface area contributed by atoms with Crippen LogP contribution in [0, 0.1) is 0 Å². The van der Waals surface area contributed by atoms with Gasteiger partial charge in [0.2, 0.25) is 0 Å². The van der Waals surface area contributed by atoms with Crippen molar-refractivity contribution in [3.05, 3.63) is 146 Å². The minimum Gasteiger partial charge on any atom is -0.272 e. The predicted octanol–water partition coefficient (Wildman–Crippen LogP) is 7.79. The highest BCUT2D eigenvalue weighted by atomic mass is 15.3. The standard InChI is InChI=1S/C35H24N6/c1-3-13-25(14-4-1)27-17-7-8-18-28(27)29-20-11-22-32(37-29)34-39-40-35(41(34)26-15-5-2-6-16-26)33-23-12-21-31(38-33)30-19-9-10-24-36-30/h1-24H. The van der Waals surface area contributed by atoms with Crippen LogP contribution in [0.5, 0.6) is 0 Å². The van der Waals surface area contributed by atoms with Gasteiger partial charge in [-0.2, -0.15) is 0 Å². The Balaban J connectivity index is 1.37. The summed E-state index contributed by atoms with van der Waals surface area (Å²) in [5, 5.41) is 9.28. The number of aromatic nitrogens is 6. The van der Waals surface area contributed by atoms with E-state index in [0.29, 0.717) is 23.0 Å². The molecule has 7 rings (SSSR count). The van der Waals surface area contributed by atoms with Gasteiger partial charge in [0, 0.05) is 17.4 Å². The van der Waals surface area contributed by atoms with Crippen molar-refractivity contribution in [2.45, 2.75) is 0 Å². The second kappa shape index (κ2) is 10.8. The summed E-state index contributed by atoms with van der Waals surface area (Å²) >= 11 is 0. The largest absolute Gasteiger partial charge is 0.272 e. The van der Waals surface area contributed by atoms with E-state index in [9.17, 15) is 0 Å². The molecule has 0 fully saturated rings. The van der Waals surface area contributed by atoms with Crippen LogP contribution in [0.3, 0.4) is 0 Å². The van der Waals surface area contributed by atoms with Crippen LogP contribution in [0.25, 0.3) is 62.5 Å². The smallest absolute Gasteiger partial charge is 0.187 e. The summed E-state index contributed by atoms with van der Waals surface area (Å²) in [6.45, 7) is 0. The van der Waals surface area contributed by atoms with Gasteiger partial charge in [0.1, 0.15) is 11.4 Å². The summed E-state index contributed by atoms with van der Waals surface area (Å²) in [6.07, 6.45) is 1.77. The maximum Gasteiger partial charge on any atom is 0.187 e. The highest BCUT2D eigenvalue weighted by Gasteiger charge is 2.20. The Morgan fingerprint density at radius 3 is 1.61 bits per heavy atom. The number of nitrogens with zero attached hydrogens (tertiary/aromatic N) is 6. The molecule has 0 aliphatic rings. The molecule has 6 heteroatoms. The maximum atomic E-state index is 5.10. The topological polar surface area (TPSA) is 69.4 Å². The van der Waals surface area contributed by atoms with Crippen LogP contribution in [0.1, 0.15) is 0 Å². The molecule has 0 saturated carbocycles. The molecule has 4 aromatic heterocycles. The number of pyridine rings is 3. The quantitative estimate of drug-likeness (QED) is 0.220. The summed E-state index contributed by atoms with van der Waals surface area (Å²) in [5.74, 6) is 1.26. The van der Waals surface area contributed by atoms with E-state index in [1.807, 2.05) is 102 Å². The first-order valence-corrected chi connectivity index (χ1v) is 13.4. The van der Waals surface area contributed by atoms with E-state index < -0.39 is 0 Å². The predicted molar refractivity (Wildman–Crippen MR) is 162 cm³/mol. The van der Waals surface area contributed by atoms with E-state index in [2.05, 4.69) is 57.6 Å². The normalized spacial score (nSPS) is 10.9. The Kier molecular flexibility index (Phi) is 6.39. The molecule has 0 radical (unpaired) electrons. The Morgan fingerprint density at radius 2 is 0.927 bits per heavy atom. The average Bonchev–Trinajstić information content (AvgIpc) is 3.52. The van der Waals surface area contributed by atoms with Crippen LogP contribution in [0.2, 0.25) is 0 Å². The summed E-state index contributed by atoms with van der Waals surface area (Å²) < 4.78 is 2.01. The zero-order chi connectivity index (χ0) is 27.4. The fourth-order valence-corrected chi connectivity index (χ4v) is 4.94. The van der Waals surface area contributed by atoms with Gasteiger partial charge in [0.05, 0.1) is 17.1 Å². The summed E-state index contributed by atoms with van der Waals surface area (Å²) in [4.78, 5) is 14.5. The molecule has 4 heterocycles. The molecule has 0 unspecified atom stereocenters. The van der Waals surface area contributed by atoms with E-state index in [0.717, 1.165) is 39.5 Å². The van der Waals surface area contributed by atoms with Crippen molar-refractivity contribution in [3.63, 3.8) is 0 Å². The van der Waals surface area contributed by atoms with Crippen molar-refractivity contribution in [2.75, 3.05) is 0 Å². The fraction of sp³-hybridized carbons (Fsp3) is 0. The van der Waals surface area contributed by atoms with Gasteiger partial charge in [-0.15, -0.1) is 10.2 Å². The van der Waals surface area contributed by atoms with Crippen molar-refractivity contribution in [2.24, 2.45) is 0 Å². The molecule has 0 spiro atoms. The van der Waals surface area contributed by atoms with E-state index in [1.54, 1.807) is 6.20 Å². The van der Waals surface area contributed by atoms with Gasteiger partial charge >= 0.3 is 0 Å². The first-order chi connectivity index (χ1) is 20.3. The third-order valence-electron chi connectivity index (χ3n) is 6.85. The lowest BCUT2D eigenvalue weighted by Gasteiger charge is -2.13. The summed E-state index contributed by atoms with van der Waals surface area (Å²) in [7, 11) is 0. The monoisotopic (exact) mass is 528 g/mol. The SMILES string of the molecule is c1ccc(-c2ccccc2-c2cccc(-c3nnc(-c4cccc(-c5ccccn5)n4)n3-c3ccccc3)n2)cc1. The van der Waals surface area contributed by atoms with Gasteiger partial charge in [0.25, 0.3) is 0 Å². The van der Waals surface area contributed by atoms with Crippen LogP contribution < -0.4 is 0 Å². The van der Waals surface area contributed by atoms with Gasteiger partial charge in [-0.3, -0.25) is 9.55 Å². The molecule has 0 aliphatic heterocycles. The molecular weight excluding hydrogens is 504 g/mol. The Bertz CT molecular complexity index is 1930. The van der Waals surface area contributed by atoms with Gasteiger partial charge in [-0.05, 0) is 59.7 Å². The van der Waals surface area contributed by atoms with Crippen LogP contribution in [0.15, 0.2) is 146 Å². The Labute approximate surface area is 237 Å². The van der Waals surface area contributed by atoms with E-state index in [4.69, 9.17) is 9.97 Å². The highest BCUT2D eigenvalue weighted by Crippen LogP contribution is 2.33. The molecule has 0 bridgehead atoms. The van der Waals surface area contributed by atoms with Crippen molar-refractivity contribution in [1.82, 2.24) is 29.7 Å². The molecule has 0 N–H and O–H groups in total. The summed E-state index contributed by atoms with van der Waals surface area (Å²) in [6, 6.07) is 46.4. The lowest BCUT2D eigenvalue weighted by Crippen LogP contribution is -2.03.